The topological polar surface area (TPSA) is 38.8 Å². The van der Waals surface area contributed by atoms with E-state index in [1.807, 2.05) is 60.7 Å². The number of rotatable bonds is 7. The van der Waals surface area contributed by atoms with Crippen LogP contribution in [0.5, 0.6) is 0 Å². The fourth-order valence-corrected chi connectivity index (χ4v) is 2.27. The number of hydrogen-bond acceptors (Lipinski definition) is 3. The van der Waals surface area contributed by atoms with Gasteiger partial charge in [0.1, 0.15) is 0 Å². The predicted molar refractivity (Wildman–Crippen MR) is 84.9 cm³/mol. The maximum absolute atomic E-state index is 12.6. The Kier molecular flexibility index (Phi) is 6.13. The average molecular weight is 299 g/mol. The normalized spacial score (nSPS) is 10.7. The fourth-order valence-electron chi connectivity index (χ4n) is 2.27. The molecule has 22 heavy (non-hydrogen) atoms. The summed E-state index contributed by atoms with van der Waals surface area (Å²) in [7, 11) is 2.94. The standard InChI is InChI=1S/C18H21NO3/c1-21-18(22-2)17(20)19(13-15-9-5-3-6-10-15)14-16-11-7-4-8-12-16/h3-12,18H,13-14H2,1-2H3. The molecular weight excluding hydrogens is 278 g/mol. The number of carbonyl (C=O) groups is 1. The lowest BCUT2D eigenvalue weighted by Gasteiger charge is -2.26. The summed E-state index contributed by atoms with van der Waals surface area (Å²) in [5.74, 6) is -0.183. The van der Waals surface area contributed by atoms with E-state index >= 15 is 0 Å². The second kappa shape index (κ2) is 8.32. The van der Waals surface area contributed by atoms with Crippen molar-refractivity contribution in [3.63, 3.8) is 0 Å². The second-order valence-electron chi connectivity index (χ2n) is 4.97. The van der Waals surface area contributed by atoms with Crippen molar-refractivity contribution in [2.75, 3.05) is 14.2 Å². The summed E-state index contributed by atoms with van der Waals surface area (Å²) >= 11 is 0. The number of ether oxygens (including phenoxy) is 2. The molecule has 0 aliphatic rings. The molecule has 2 aromatic carbocycles. The maximum Gasteiger partial charge on any atom is 0.280 e. The van der Waals surface area contributed by atoms with Crippen molar-refractivity contribution in [3.05, 3.63) is 71.8 Å². The molecule has 0 aliphatic carbocycles. The van der Waals surface area contributed by atoms with Crippen molar-refractivity contribution in [1.82, 2.24) is 4.90 Å². The molecule has 0 bridgehead atoms. The lowest BCUT2D eigenvalue weighted by Crippen LogP contribution is -2.40. The van der Waals surface area contributed by atoms with E-state index in [2.05, 4.69) is 0 Å². The minimum atomic E-state index is -0.882. The Morgan fingerprint density at radius 1 is 0.864 bits per heavy atom. The van der Waals surface area contributed by atoms with Gasteiger partial charge in [-0.2, -0.15) is 0 Å². The van der Waals surface area contributed by atoms with Crippen molar-refractivity contribution in [1.29, 1.82) is 0 Å². The van der Waals surface area contributed by atoms with E-state index in [0.717, 1.165) is 11.1 Å². The van der Waals surface area contributed by atoms with Crippen LogP contribution in [0.15, 0.2) is 60.7 Å². The zero-order valence-corrected chi connectivity index (χ0v) is 12.9. The van der Waals surface area contributed by atoms with E-state index < -0.39 is 6.29 Å². The lowest BCUT2D eigenvalue weighted by atomic mass is 10.1. The summed E-state index contributed by atoms with van der Waals surface area (Å²) in [6.07, 6.45) is -0.882. The van der Waals surface area contributed by atoms with Gasteiger partial charge in [0, 0.05) is 27.3 Å². The third-order valence-corrected chi connectivity index (χ3v) is 3.37. The Hall–Kier alpha value is -2.17. The van der Waals surface area contributed by atoms with Gasteiger partial charge in [0.05, 0.1) is 0 Å². The maximum atomic E-state index is 12.6. The highest BCUT2D eigenvalue weighted by molar-refractivity contribution is 5.79. The van der Waals surface area contributed by atoms with E-state index in [9.17, 15) is 4.79 Å². The molecule has 0 heterocycles. The number of amides is 1. The molecular formula is C18H21NO3. The van der Waals surface area contributed by atoms with Crippen molar-refractivity contribution >= 4 is 5.91 Å². The first kappa shape index (κ1) is 16.2. The van der Waals surface area contributed by atoms with Gasteiger partial charge in [-0.05, 0) is 11.1 Å². The minimum absolute atomic E-state index is 0.183. The molecule has 4 heteroatoms. The first-order valence-electron chi connectivity index (χ1n) is 7.17. The van der Waals surface area contributed by atoms with Gasteiger partial charge in [-0.1, -0.05) is 60.7 Å². The fraction of sp³-hybridized carbons (Fsp3) is 0.278. The number of methoxy groups -OCH3 is 2. The quantitative estimate of drug-likeness (QED) is 0.738. The summed E-state index contributed by atoms with van der Waals surface area (Å²) < 4.78 is 10.2. The first-order chi connectivity index (χ1) is 10.7. The van der Waals surface area contributed by atoms with Crippen molar-refractivity contribution < 1.29 is 14.3 Å². The van der Waals surface area contributed by atoms with E-state index in [1.165, 1.54) is 14.2 Å². The van der Waals surface area contributed by atoms with Gasteiger partial charge >= 0.3 is 0 Å². The Morgan fingerprint density at radius 2 is 1.27 bits per heavy atom. The molecule has 0 N–H and O–H groups in total. The molecule has 0 spiro atoms. The van der Waals surface area contributed by atoms with Crippen molar-refractivity contribution in [3.8, 4) is 0 Å². The molecule has 116 valence electrons. The van der Waals surface area contributed by atoms with Gasteiger partial charge in [0.2, 0.25) is 6.29 Å². The Labute approximate surface area is 131 Å². The van der Waals surface area contributed by atoms with E-state index in [0.29, 0.717) is 13.1 Å². The van der Waals surface area contributed by atoms with Crippen LogP contribution in [-0.2, 0) is 27.4 Å². The zero-order chi connectivity index (χ0) is 15.8. The van der Waals surface area contributed by atoms with E-state index in [-0.39, 0.29) is 5.91 Å². The molecule has 0 fully saturated rings. The van der Waals surface area contributed by atoms with E-state index in [1.54, 1.807) is 4.90 Å². The summed E-state index contributed by atoms with van der Waals surface area (Å²) in [5.41, 5.74) is 2.13. The minimum Gasteiger partial charge on any atom is -0.348 e. The van der Waals surface area contributed by atoms with Crippen LogP contribution in [0.3, 0.4) is 0 Å². The largest absolute Gasteiger partial charge is 0.348 e. The summed E-state index contributed by atoms with van der Waals surface area (Å²) in [6, 6.07) is 19.8. The van der Waals surface area contributed by atoms with Crippen LogP contribution < -0.4 is 0 Å². The monoisotopic (exact) mass is 299 g/mol. The summed E-state index contributed by atoms with van der Waals surface area (Å²) in [5, 5.41) is 0. The number of carbonyl (C=O) groups excluding carboxylic acids is 1. The number of nitrogens with zero attached hydrogens (tertiary/aromatic N) is 1. The molecule has 0 radical (unpaired) electrons. The second-order valence-corrected chi connectivity index (χ2v) is 4.97. The summed E-state index contributed by atoms with van der Waals surface area (Å²) in [4.78, 5) is 14.3. The molecule has 0 saturated carbocycles. The van der Waals surface area contributed by atoms with Gasteiger partial charge in [-0.3, -0.25) is 4.79 Å². The smallest absolute Gasteiger partial charge is 0.280 e. The van der Waals surface area contributed by atoms with Crippen LogP contribution in [0.2, 0.25) is 0 Å². The first-order valence-corrected chi connectivity index (χ1v) is 7.17. The zero-order valence-electron chi connectivity index (χ0n) is 12.9. The molecule has 0 aromatic heterocycles. The highest BCUT2D eigenvalue weighted by atomic mass is 16.7. The van der Waals surface area contributed by atoms with Crippen LogP contribution in [0.25, 0.3) is 0 Å². The Bertz CT molecular complexity index is 526. The van der Waals surface area contributed by atoms with Crippen LogP contribution in [-0.4, -0.2) is 31.3 Å². The Balaban J connectivity index is 2.18. The third kappa shape index (κ3) is 4.41. The van der Waals surface area contributed by atoms with Crippen LogP contribution in [0.4, 0.5) is 0 Å². The van der Waals surface area contributed by atoms with Crippen LogP contribution >= 0.6 is 0 Å². The highest BCUT2D eigenvalue weighted by Gasteiger charge is 2.24. The summed E-state index contributed by atoms with van der Waals surface area (Å²) in [6.45, 7) is 1.02. The number of benzene rings is 2. The van der Waals surface area contributed by atoms with E-state index in [4.69, 9.17) is 9.47 Å². The molecule has 4 nitrogen and oxygen atoms in total. The average Bonchev–Trinajstić information content (AvgIpc) is 2.57. The van der Waals surface area contributed by atoms with Gasteiger partial charge in [0.25, 0.3) is 5.91 Å². The molecule has 0 aliphatic heterocycles. The van der Waals surface area contributed by atoms with Crippen molar-refractivity contribution in [2.24, 2.45) is 0 Å². The lowest BCUT2D eigenvalue weighted by molar-refractivity contribution is -0.171. The molecule has 1 amide bonds. The van der Waals surface area contributed by atoms with Gasteiger partial charge in [0.15, 0.2) is 0 Å². The molecule has 2 aromatic rings. The highest BCUT2D eigenvalue weighted by Crippen LogP contribution is 2.12. The molecule has 0 saturated heterocycles. The third-order valence-electron chi connectivity index (χ3n) is 3.37. The van der Waals surface area contributed by atoms with Crippen LogP contribution in [0.1, 0.15) is 11.1 Å². The van der Waals surface area contributed by atoms with Gasteiger partial charge in [-0.25, -0.2) is 0 Å². The Morgan fingerprint density at radius 3 is 1.64 bits per heavy atom. The van der Waals surface area contributed by atoms with Crippen molar-refractivity contribution in [2.45, 2.75) is 19.4 Å². The molecule has 0 unspecified atom stereocenters. The SMILES string of the molecule is COC(OC)C(=O)N(Cc1ccccc1)Cc1ccccc1. The predicted octanol–water partition coefficient (Wildman–Crippen LogP) is 2.83. The number of hydrogen-bond donors (Lipinski definition) is 0. The van der Waals surface area contributed by atoms with Gasteiger partial charge < -0.3 is 14.4 Å². The van der Waals surface area contributed by atoms with Crippen LogP contribution in [0, 0.1) is 0 Å². The molecule has 2 rings (SSSR count). The van der Waals surface area contributed by atoms with Gasteiger partial charge in [-0.15, -0.1) is 0 Å². The molecule has 0 atom stereocenters.